The van der Waals surface area contributed by atoms with Crippen molar-refractivity contribution in [3.05, 3.63) is 10.4 Å². The minimum Gasteiger partial charge on any atom is -0.456 e. The highest BCUT2D eigenvalue weighted by Crippen LogP contribution is 2.25. The number of esters is 1. The van der Waals surface area contributed by atoms with E-state index < -0.39 is 30.3 Å². The Kier molecular flexibility index (Phi) is 5.17. The number of hydrogen-bond acceptors (Lipinski definition) is 6. The summed E-state index contributed by atoms with van der Waals surface area (Å²) in [5.74, 6) is -0.613. The van der Waals surface area contributed by atoms with Crippen LogP contribution >= 0.6 is 0 Å². The summed E-state index contributed by atoms with van der Waals surface area (Å²) in [6.07, 6.45) is -1.78. The van der Waals surface area contributed by atoms with Crippen LogP contribution in [0.2, 0.25) is 0 Å². The Balaban J connectivity index is 2.86. The summed E-state index contributed by atoms with van der Waals surface area (Å²) in [4.78, 5) is 14.1. The summed E-state index contributed by atoms with van der Waals surface area (Å²) < 4.78 is 20.4. The van der Waals surface area contributed by atoms with Crippen LogP contribution < -0.4 is 0 Å². The second kappa shape index (κ2) is 6.41. The van der Waals surface area contributed by atoms with Crippen LogP contribution in [0.15, 0.2) is 5.11 Å². The van der Waals surface area contributed by atoms with Gasteiger partial charge in [-0.3, -0.25) is 4.79 Å². The van der Waals surface area contributed by atoms with E-state index in [0.29, 0.717) is 0 Å². The molecule has 0 N–H and O–H groups in total. The van der Waals surface area contributed by atoms with Gasteiger partial charge in [0.2, 0.25) is 0 Å². The molecular weight excluding hydrogens is 230 g/mol. The molecule has 0 aromatic carbocycles. The van der Waals surface area contributed by atoms with Crippen molar-refractivity contribution in [3.8, 4) is 0 Å². The normalized spacial score (nSPS) is 29.6. The van der Waals surface area contributed by atoms with E-state index in [1.54, 1.807) is 0 Å². The molecule has 17 heavy (non-hydrogen) atoms. The first kappa shape index (κ1) is 13.7. The van der Waals surface area contributed by atoms with Crippen molar-refractivity contribution in [2.75, 3.05) is 27.9 Å². The van der Waals surface area contributed by atoms with Gasteiger partial charge in [0.1, 0.15) is 12.2 Å². The molecule has 0 bridgehead atoms. The van der Waals surface area contributed by atoms with Gasteiger partial charge in [0.05, 0.1) is 6.61 Å². The number of cyclic esters (lactones) is 1. The number of carbonyl (C=O) groups excluding carboxylic acids is 1. The number of ether oxygens (including phenoxy) is 4. The van der Waals surface area contributed by atoms with Crippen molar-refractivity contribution >= 4 is 5.97 Å². The van der Waals surface area contributed by atoms with E-state index in [4.69, 9.17) is 24.5 Å². The van der Waals surface area contributed by atoms with Gasteiger partial charge in [-0.05, 0) is 5.53 Å². The lowest BCUT2D eigenvalue weighted by Crippen LogP contribution is -2.42. The van der Waals surface area contributed by atoms with Gasteiger partial charge >= 0.3 is 5.97 Å². The van der Waals surface area contributed by atoms with E-state index in [0.717, 1.165) is 0 Å². The number of nitrogens with zero attached hydrogens (tertiary/aromatic N) is 3. The molecular formula is C9H15N3O5. The maximum absolute atomic E-state index is 11.5. The van der Waals surface area contributed by atoms with Crippen LogP contribution in [0.1, 0.15) is 0 Å². The molecule has 8 heteroatoms. The second-order valence-electron chi connectivity index (χ2n) is 3.48. The fourth-order valence-electron chi connectivity index (χ4n) is 1.76. The van der Waals surface area contributed by atoms with Gasteiger partial charge in [-0.2, -0.15) is 0 Å². The van der Waals surface area contributed by atoms with Crippen molar-refractivity contribution in [1.29, 1.82) is 0 Å². The highest BCUT2D eigenvalue weighted by molar-refractivity contribution is 5.79. The Morgan fingerprint density at radius 1 is 1.53 bits per heavy atom. The molecule has 8 nitrogen and oxygen atoms in total. The molecule has 1 aliphatic heterocycles. The van der Waals surface area contributed by atoms with E-state index >= 15 is 0 Å². The number of rotatable bonds is 6. The predicted molar refractivity (Wildman–Crippen MR) is 56.3 cm³/mol. The monoisotopic (exact) mass is 245 g/mol. The topological polar surface area (TPSA) is 103 Å². The molecule has 0 unspecified atom stereocenters. The lowest BCUT2D eigenvalue weighted by Gasteiger charge is -2.24. The van der Waals surface area contributed by atoms with Crippen LogP contribution in [-0.4, -0.2) is 58.3 Å². The summed E-state index contributed by atoms with van der Waals surface area (Å²) in [7, 11) is 4.40. The molecule has 1 saturated heterocycles. The Bertz CT molecular complexity index is 318. The molecule has 4 atom stereocenters. The summed E-state index contributed by atoms with van der Waals surface area (Å²) in [5.41, 5.74) is 8.38. The van der Waals surface area contributed by atoms with Gasteiger partial charge in [-0.15, -0.1) is 0 Å². The molecule has 0 radical (unpaired) electrons. The van der Waals surface area contributed by atoms with Gasteiger partial charge in [0.15, 0.2) is 12.1 Å². The molecule has 96 valence electrons. The van der Waals surface area contributed by atoms with E-state index in [1.165, 1.54) is 21.3 Å². The molecule has 1 rings (SSSR count). The Morgan fingerprint density at radius 3 is 2.71 bits per heavy atom. The van der Waals surface area contributed by atoms with Crippen LogP contribution in [0.25, 0.3) is 10.4 Å². The Morgan fingerprint density at radius 2 is 2.24 bits per heavy atom. The van der Waals surface area contributed by atoms with Crippen LogP contribution in [0.5, 0.6) is 0 Å². The molecule has 0 aromatic rings. The van der Waals surface area contributed by atoms with Gasteiger partial charge in [0.25, 0.3) is 0 Å². The van der Waals surface area contributed by atoms with Crippen molar-refractivity contribution in [1.82, 2.24) is 0 Å². The number of hydrogen-bond donors (Lipinski definition) is 0. The second-order valence-corrected chi connectivity index (χ2v) is 3.48. The van der Waals surface area contributed by atoms with Crippen LogP contribution in [-0.2, 0) is 23.7 Å². The minimum absolute atomic E-state index is 0.247. The number of azide groups is 1. The molecule has 0 spiro atoms. The van der Waals surface area contributed by atoms with Crippen LogP contribution in [0, 0.1) is 0 Å². The zero-order valence-corrected chi connectivity index (χ0v) is 9.90. The van der Waals surface area contributed by atoms with Crippen molar-refractivity contribution in [2.45, 2.75) is 24.4 Å². The molecule has 0 saturated carbocycles. The lowest BCUT2D eigenvalue weighted by molar-refractivity contribution is -0.151. The fourth-order valence-corrected chi connectivity index (χ4v) is 1.76. The zero-order chi connectivity index (χ0) is 12.8. The van der Waals surface area contributed by atoms with Gasteiger partial charge in [-0.1, -0.05) is 5.11 Å². The van der Waals surface area contributed by atoms with E-state index in [1.807, 2.05) is 0 Å². The van der Waals surface area contributed by atoms with Gasteiger partial charge in [0, 0.05) is 26.2 Å². The standard InChI is InChI=1S/C9H15N3O5/c1-14-4-5(15-2)7-8(16-3)6(11-12-10)9(13)17-7/h5-8H,4H2,1-3H3/t5-,6+,7+,8-/m1/s1. The molecule has 0 amide bonds. The fraction of sp³-hybridized carbons (Fsp3) is 0.889. The molecule has 1 heterocycles. The lowest BCUT2D eigenvalue weighted by atomic mass is 10.1. The van der Waals surface area contributed by atoms with E-state index in [2.05, 4.69) is 10.0 Å². The summed E-state index contributed by atoms with van der Waals surface area (Å²) in [6.45, 7) is 0.247. The smallest absolute Gasteiger partial charge is 0.318 e. The zero-order valence-electron chi connectivity index (χ0n) is 9.90. The molecule has 0 aliphatic carbocycles. The van der Waals surface area contributed by atoms with Crippen LogP contribution in [0.3, 0.4) is 0 Å². The first-order valence-corrected chi connectivity index (χ1v) is 4.98. The maximum Gasteiger partial charge on any atom is 0.318 e. The van der Waals surface area contributed by atoms with Crippen LogP contribution in [0.4, 0.5) is 0 Å². The van der Waals surface area contributed by atoms with Gasteiger partial charge < -0.3 is 18.9 Å². The summed E-state index contributed by atoms with van der Waals surface area (Å²) in [6, 6.07) is -0.982. The highest BCUT2D eigenvalue weighted by Gasteiger charge is 2.48. The largest absolute Gasteiger partial charge is 0.456 e. The minimum atomic E-state index is -0.982. The Hall–Kier alpha value is -1.34. The molecule has 1 aliphatic rings. The molecule has 1 fully saturated rings. The third kappa shape index (κ3) is 2.86. The van der Waals surface area contributed by atoms with Crippen molar-refractivity contribution in [3.63, 3.8) is 0 Å². The van der Waals surface area contributed by atoms with E-state index in [9.17, 15) is 4.79 Å². The third-order valence-electron chi connectivity index (χ3n) is 2.58. The average molecular weight is 245 g/mol. The van der Waals surface area contributed by atoms with Gasteiger partial charge in [-0.25, -0.2) is 0 Å². The first-order valence-electron chi connectivity index (χ1n) is 4.98. The summed E-state index contributed by atoms with van der Waals surface area (Å²) in [5, 5.41) is 3.37. The first-order chi connectivity index (χ1) is 8.19. The highest BCUT2D eigenvalue weighted by atomic mass is 16.6. The maximum atomic E-state index is 11.5. The quantitative estimate of drug-likeness (QED) is 0.289. The number of carbonyl (C=O) groups is 1. The Labute approximate surface area is 98.4 Å². The third-order valence-corrected chi connectivity index (χ3v) is 2.58. The average Bonchev–Trinajstić information content (AvgIpc) is 2.64. The SMILES string of the molecule is COC[C@@H](OC)[C@@H]1OC(=O)[C@@H](N=[N+]=[N-])[C@H]1OC. The van der Waals surface area contributed by atoms with Crippen molar-refractivity contribution in [2.24, 2.45) is 5.11 Å². The predicted octanol–water partition coefficient (Wildman–Crippen LogP) is 0.267. The number of methoxy groups -OCH3 is 3. The van der Waals surface area contributed by atoms with E-state index in [-0.39, 0.29) is 6.61 Å². The molecule has 0 aromatic heterocycles. The summed E-state index contributed by atoms with van der Waals surface area (Å²) >= 11 is 0. The van der Waals surface area contributed by atoms with Crippen molar-refractivity contribution < 1.29 is 23.7 Å².